The van der Waals surface area contributed by atoms with E-state index in [4.69, 9.17) is 0 Å². The van der Waals surface area contributed by atoms with Crippen molar-refractivity contribution in [2.24, 2.45) is 0 Å². The predicted octanol–water partition coefficient (Wildman–Crippen LogP) is 4.40. The standard InChI is InChI=1S/C18H20O2S/c1-12-4-8-16(9-5-12)21-17(18(19)20)11-15-7-6-13(2)14(3)10-15/h4-10,17H,11H2,1-3H3,(H,19,20). The molecule has 0 aromatic heterocycles. The maximum atomic E-state index is 11.5. The first-order valence-electron chi connectivity index (χ1n) is 6.98. The maximum Gasteiger partial charge on any atom is 0.317 e. The molecule has 0 radical (unpaired) electrons. The molecule has 0 saturated carbocycles. The van der Waals surface area contributed by atoms with Gasteiger partial charge >= 0.3 is 5.97 Å². The van der Waals surface area contributed by atoms with Crippen LogP contribution in [0.25, 0.3) is 0 Å². The van der Waals surface area contributed by atoms with Gasteiger partial charge in [0.2, 0.25) is 0 Å². The van der Waals surface area contributed by atoms with E-state index in [-0.39, 0.29) is 0 Å². The zero-order chi connectivity index (χ0) is 15.4. The molecule has 21 heavy (non-hydrogen) atoms. The van der Waals surface area contributed by atoms with Gasteiger partial charge in [0.25, 0.3) is 0 Å². The first-order valence-corrected chi connectivity index (χ1v) is 7.86. The van der Waals surface area contributed by atoms with Gasteiger partial charge in [-0.05, 0) is 56.0 Å². The molecule has 2 nitrogen and oxygen atoms in total. The van der Waals surface area contributed by atoms with Crippen LogP contribution in [0.1, 0.15) is 22.3 Å². The fraction of sp³-hybridized carbons (Fsp3) is 0.278. The summed E-state index contributed by atoms with van der Waals surface area (Å²) in [4.78, 5) is 12.5. The van der Waals surface area contributed by atoms with Gasteiger partial charge in [-0.2, -0.15) is 0 Å². The molecule has 110 valence electrons. The Labute approximate surface area is 130 Å². The molecular weight excluding hydrogens is 280 g/mol. The van der Waals surface area contributed by atoms with Gasteiger partial charge in [-0.25, -0.2) is 0 Å². The van der Waals surface area contributed by atoms with Crippen molar-refractivity contribution in [3.8, 4) is 0 Å². The van der Waals surface area contributed by atoms with Gasteiger partial charge in [-0.15, -0.1) is 11.8 Å². The van der Waals surface area contributed by atoms with Gasteiger partial charge in [-0.3, -0.25) is 4.79 Å². The van der Waals surface area contributed by atoms with Crippen LogP contribution in [0.2, 0.25) is 0 Å². The topological polar surface area (TPSA) is 37.3 Å². The largest absolute Gasteiger partial charge is 0.480 e. The lowest BCUT2D eigenvalue weighted by molar-refractivity contribution is -0.136. The summed E-state index contributed by atoms with van der Waals surface area (Å²) in [6, 6.07) is 14.1. The monoisotopic (exact) mass is 300 g/mol. The van der Waals surface area contributed by atoms with Crippen LogP contribution < -0.4 is 0 Å². The van der Waals surface area contributed by atoms with Crippen molar-refractivity contribution in [2.75, 3.05) is 0 Å². The quantitative estimate of drug-likeness (QED) is 0.832. The first kappa shape index (κ1) is 15.6. The minimum atomic E-state index is -0.765. The Morgan fingerprint density at radius 3 is 2.29 bits per heavy atom. The van der Waals surface area contributed by atoms with E-state index in [0.717, 1.165) is 10.5 Å². The number of thioether (sulfide) groups is 1. The van der Waals surface area contributed by atoms with E-state index in [9.17, 15) is 9.90 Å². The fourth-order valence-electron chi connectivity index (χ4n) is 2.11. The van der Waals surface area contributed by atoms with E-state index in [1.54, 1.807) is 0 Å². The van der Waals surface area contributed by atoms with Crippen molar-refractivity contribution in [3.63, 3.8) is 0 Å². The summed E-state index contributed by atoms with van der Waals surface area (Å²) in [6.07, 6.45) is 0.537. The molecule has 1 unspecified atom stereocenters. The number of aliphatic carboxylic acids is 1. The molecule has 1 atom stereocenters. The lowest BCUT2D eigenvalue weighted by atomic mass is 10.0. The Bertz CT molecular complexity index is 632. The second kappa shape index (κ2) is 6.81. The first-order chi connectivity index (χ1) is 9.95. The number of rotatable bonds is 5. The summed E-state index contributed by atoms with van der Waals surface area (Å²) < 4.78 is 0. The Morgan fingerprint density at radius 2 is 1.71 bits per heavy atom. The van der Waals surface area contributed by atoms with Crippen LogP contribution in [-0.4, -0.2) is 16.3 Å². The zero-order valence-electron chi connectivity index (χ0n) is 12.6. The molecule has 3 heteroatoms. The lowest BCUT2D eigenvalue weighted by Gasteiger charge is -2.13. The Hall–Kier alpha value is -1.74. The minimum absolute atomic E-state index is 0.463. The molecule has 1 N–H and O–H groups in total. The molecular formula is C18H20O2S. The number of hydrogen-bond acceptors (Lipinski definition) is 2. The van der Waals surface area contributed by atoms with Crippen LogP contribution in [0.4, 0.5) is 0 Å². The van der Waals surface area contributed by atoms with Crippen molar-refractivity contribution in [3.05, 3.63) is 64.7 Å². The summed E-state index contributed by atoms with van der Waals surface area (Å²) in [7, 11) is 0. The molecule has 0 aliphatic heterocycles. The highest BCUT2D eigenvalue weighted by atomic mass is 32.2. The molecule has 0 spiro atoms. The average Bonchev–Trinajstić information content (AvgIpc) is 2.44. The molecule has 0 saturated heterocycles. The minimum Gasteiger partial charge on any atom is -0.480 e. The third-order valence-electron chi connectivity index (χ3n) is 3.57. The van der Waals surface area contributed by atoms with E-state index in [0.29, 0.717) is 6.42 Å². The molecule has 0 fully saturated rings. The molecule has 2 rings (SSSR count). The molecule has 0 heterocycles. The molecule has 0 aliphatic carbocycles. The van der Waals surface area contributed by atoms with Crippen molar-refractivity contribution < 1.29 is 9.90 Å². The molecule has 2 aromatic rings. The predicted molar refractivity (Wildman–Crippen MR) is 88.1 cm³/mol. The van der Waals surface area contributed by atoms with Crippen molar-refractivity contribution in [1.82, 2.24) is 0 Å². The van der Waals surface area contributed by atoms with E-state index < -0.39 is 11.2 Å². The summed E-state index contributed by atoms with van der Waals surface area (Å²) in [5, 5.41) is 8.99. The van der Waals surface area contributed by atoms with Gasteiger partial charge in [0.15, 0.2) is 0 Å². The molecule has 0 bridgehead atoms. The Kier molecular flexibility index (Phi) is 5.07. The summed E-state index contributed by atoms with van der Waals surface area (Å²) in [5.74, 6) is -0.765. The van der Waals surface area contributed by atoms with Gasteiger partial charge < -0.3 is 5.11 Å². The van der Waals surface area contributed by atoms with Crippen molar-refractivity contribution in [2.45, 2.75) is 37.3 Å². The van der Waals surface area contributed by atoms with Crippen LogP contribution in [0, 0.1) is 20.8 Å². The van der Waals surface area contributed by atoms with Gasteiger partial charge in [0, 0.05) is 4.90 Å². The lowest BCUT2D eigenvalue weighted by Crippen LogP contribution is -2.19. The van der Waals surface area contributed by atoms with E-state index in [1.165, 1.54) is 28.5 Å². The number of carboxylic acids is 1. The maximum absolute atomic E-state index is 11.5. The highest BCUT2D eigenvalue weighted by Gasteiger charge is 2.19. The van der Waals surface area contributed by atoms with Gasteiger partial charge in [0.05, 0.1) is 0 Å². The van der Waals surface area contributed by atoms with Crippen molar-refractivity contribution >= 4 is 17.7 Å². The Balaban J connectivity index is 2.13. The van der Waals surface area contributed by atoms with Crippen LogP contribution >= 0.6 is 11.8 Å². The molecule has 0 aliphatic rings. The summed E-state index contributed by atoms with van der Waals surface area (Å²) in [6.45, 7) is 6.15. The van der Waals surface area contributed by atoms with Crippen LogP contribution in [-0.2, 0) is 11.2 Å². The van der Waals surface area contributed by atoms with E-state index in [1.807, 2.05) is 37.3 Å². The van der Waals surface area contributed by atoms with Crippen LogP contribution in [0.3, 0.4) is 0 Å². The smallest absolute Gasteiger partial charge is 0.317 e. The number of benzene rings is 2. The number of carbonyl (C=O) groups is 1. The SMILES string of the molecule is Cc1ccc(SC(Cc2ccc(C)c(C)c2)C(=O)O)cc1. The normalized spacial score (nSPS) is 12.1. The summed E-state index contributed by atoms with van der Waals surface area (Å²) in [5.41, 5.74) is 4.69. The van der Waals surface area contributed by atoms with E-state index >= 15 is 0 Å². The zero-order valence-corrected chi connectivity index (χ0v) is 13.4. The van der Waals surface area contributed by atoms with Crippen LogP contribution in [0.5, 0.6) is 0 Å². The second-order valence-corrected chi connectivity index (χ2v) is 6.66. The molecule has 2 aromatic carbocycles. The highest BCUT2D eigenvalue weighted by molar-refractivity contribution is 8.00. The third kappa shape index (κ3) is 4.36. The summed E-state index contributed by atoms with van der Waals surface area (Å²) >= 11 is 1.41. The highest BCUT2D eigenvalue weighted by Crippen LogP contribution is 2.27. The number of carboxylic acid groups (broad SMARTS) is 1. The fourth-order valence-corrected chi connectivity index (χ4v) is 3.10. The van der Waals surface area contributed by atoms with Crippen molar-refractivity contribution in [1.29, 1.82) is 0 Å². The Morgan fingerprint density at radius 1 is 1.05 bits per heavy atom. The second-order valence-electron chi connectivity index (χ2n) is 5.38. The van der Waals surface area contributed by atoms with E-state index in [2.05, 4.69) is 26.0 Å². The number of hydrogen-bond donors (Lipinski definition) is 1. The van der Waals surface area contributed by atoms with Gasteiger partial charge in [-0.1, -0.05) is 35.9 Å². The third-order valence-corrected chi connectivity index (χ3v) is 4.76. The average molecular weight is 300 g/mol. The number of aryl methyl sites for hydroxylation is 3. The van der Waals surface area contributed by atoms with Crippen LogP contribution in [0.15, 0.2) is 47.4 Å². The van der Waals surface area contributed by atoms with Gasteiger partial charge in [0.1, 0.15) is 5.25 Å². The molecule has 0 amide bonds.